The lowest BCUT2D eigenvalue weighted by atomic mass is 10.0. The molecule has 0 fully saturated rings. The Labute approximate surface area is 458 Å². The summed E-state index contributed by atoms with van der Waals surface area (Å²) in [5.41, 5.74) is 0. The Morgan fingerprint density at radius 2 is 0.581 bits per heavy atom. The second-order valence-electron chi connectivity index (χ2n) is 21.0. The molecule has 1 atom stereocenters. The molecule has 0 rings (SSSR count). The normalized spacial score (nSPS) is 12.6. The molecule has 0 aliphatic rings. The first-order valence-corrected chi connectivity index (χ1v) is 31.6. The van der Waals surface area contributed by atoms with Crippen LogP contribution in [0.5, 0.6) is 0 Å². The monoisotopic (exact) mass is 1030 g/mol. The minimum Gasteiger partial charge on any atom is -0.462 e. The molecule has 0 aliphatic carbocycles. The molecule has 1 unspecified atom stereocenters. The summed E-state index contributed by atoms with van der Waals surface area (Å²) in [7, 11) is 0. The lowest BCUT2D eigenvalue weighted by molar-refractivity contribution is -0.166. The number of unbranched alkanes of at least 4 members (excludes halogenated alkanes) is 33. The zero-order chi connectivity index (χ0) is 53.6. The molecule has 74 heavy (non-hydrogen) atoms. The van der Waals surface area contributed by atoms with Crippen molar-refractivity contribution < 1.29 is 28.6 Å². The van der Waals surface area contributed by atoms with Gasteiger partial charge in [0, 0.05) is 12.8 Å². The first-order chi connectivity index (χ1) is 36.5. The Bertz CT molecular complexity index is 1420. The van der Waals surface area contributed by atoms with Crippen LogP contribution in [0.25, 0.3) is 0 Å². The fraction of sp³-hybridized carbons (Fsp3) is 0.750. The molecule has 0 aromatic heterocycles. The highest BCUT2D eigenvalue weighted by atomic mass is 16.6. The van der Waals surface area contributed by atoms with E-state index in [0.29, 0.717) is 12.8 Å². The molecule has 0 spiro atoms. The molecule has 0 saturated heterocycles. The highest BCUT2D eigenvalue weighted by Gasteiger charge is 2.19. The highest BCUT2D eigenvalue weighted by molar-refractivity contribution is 5.72. The molecule has 0 aromatic carbocycles. The predicted octanol–water partition coefficient (Wildman–Crippen LogP) is 21.5. The molecular weight excluding hydrogens is 913 g/mol. The number of carbonyl (C=O) groups excluding carboxylic acids is 3. The van der Waals surface area contributed by atoms with Gasteiger partial charge in [-0.2, -0.15) is 0 Å². The van der Waals surface area contributed by atoms with Crippen molar-refractivity contribution in [2.45, 2.75) is 316 Å². The zero-order valence-electron chi connectivity index (χ0n) is 48.8. The Balaban J connectivity index is 4.36. The van der Waals surface area contributed by atoms with Gasteiger partial charge >= 0.3 is 17.9 Å². The number of rotatable bonds is 57. The van der Waals surface area contributed by atoms with E-state index in [4.69, 9.17) is 14.2 Å². The summed E-state index contributed by atoms with van der Waals surface area (Å²) in [5.74, 6) is -1.05. The minimum absolute atomic E-state index is 0.110. The third-order valence-corrected chi connectivity index (χ3v) is 13.7. The molecule has 426 valence electrons. The maximum absolute atomic E-state index is 12.9. The summed E-state index contributed by atoms with van der Waals surface area (Å²) >= 11 is 0. The molecule has 0 saturated carbocycles. The van der Waals surface area contributed by atoms with Gasteiger partial charge in [-0.05, 0) is 77.0 Å². The van der Waals surface area contributed by atoms with E-state index in [1.807, 2.05) is 6.08 Å². The van der Waals surface area contributed by atoms with Crippen molar-refractivity contribution in [2.75, 3.05) is 13.2 Å². The van der Waals surface area contributed by atoms with Gasteiger partial charge in [0.05, 0.1) is 6.42 Å². The van der Waals surface area contributed by atoms with Crippen LogP contribution >= 0.6 is 0 Å². The lowest BCUT2D eigenvalue weighted by Gasteiger charge is -2.18. The molecule has 0 bridgehead atoms. The zero-order valence-corrected chi connectivity index (χ0v) is 48.8. The summed E-state index contributed by atoms with van der Waals surface area (Å²) in [4.78, 5) is 38.2. The van der Waals surface area contributed by atoms with E-state index in [-0.39, 0.29) is 31.6 Å². The number of hydrogen-bond acceptors (Lipinski definition) is 6. The van der Waals surface area contributed by atoms with Crippen LogP contribution in [0.15, 0.2) is 85.1 Å². The highest BCUT2D eigenvalue weighted by Crippen LogP contribution is 2.17. The lowest BCUT2D eigenvalue weighted by Crippen LogP contribution is -2.30. The third kappa shape index (κ3) is 59.5. The van der Waals surface area contributed by atoms with Gasteiger partial charge in [-0.3, -0.25) is 14.4 Å². The summed E-state index contributed by atoms with van der Waals surface area (Å²) in [6, 6.07) is 0. The van der Waals surface area contributed by atoms with Gasteiger partial charge in [0.15, 0.2) is 6.10 Å². The van der Waals surface area contributed by atoms with Crippen molar-refractivity contribution in [3.63, 3.8) is 0 Å². The van der Waals surface area contributed by atoms with Crippen molar-refractivity contribution in [3.05, 3.63) is 85.1 Å². The molecule has 6 heteroatoms. The number of hydrogen-bond donors (Lipinski definition) is 0. The first kappa shape index (κ1) is 70.6. The topological polar surface area (TPSA) is 78.9 Å². The fourth-order valence-corrected chi connectivity index (χ4v) is 8.96. The third-order valence-electron chi connectivity index (χ3n) is 13.7. The van der Waals surface area contributed by atoms with Gasteiger partial charge < -0.3 is 14.2 Å². The first-order valence-electron chi connectivity index (χ1n) is 31.6. The number of esters is 3. The molecule has 6 nitrogen and oxygen atoms in total. The molecule has 0 heterocycles. The quantitative estimate of drug-likeness (QED) is 0.0261. The molecular formula is C68H118O6. The average Bonchev–Trinajstić information content (AvgIpc) is 3.40. The van der Waals surface area contributed by atoms with E-state index in [1.54, 1.807) is 6.08 Å². The Morgan fingerprint density at radius 3 is 0.959 bits per heavy atom. The van der Waals surface area contributed by atoms with Crippen molar-refractivity contribution in [2.24, 2.45) is 0 Å². The Morgan fingerprint density at radius 1 is 0.297 bits per heavy atom. The van der Waals surface area contributed by atoms with E-state index in [2.05, 4.69) is 93.7 Å². The van der Waals surface area contributed by atoms with Gasteiger partial charge in [-0.25, -0.2) is 0 Å². The molecule has 0 aromatic rings. The second kappa shape index (κ2) is 62.1. The average molecular weight is 1030 g/mol. The Hall–Kier alpha value is -3.41. The number of carbonyl (C=O) groups is 3. The maximum atomic E-state index is 12.9. The second-order valence-corrected chi connectivity index (χ2v) is 21.0. The SMILES string of the molecule is CC/C=C\C/C=C\C/C=C\C/C=C\C/C=C\CC(=O)OCC(COC(=O)CCCCCCCCCCCCCCCCCCCCCCCCCCC)OC(=O)CCCCCCC/C=C\C/C=C\CCCCCC. The number of ether oxygens (including phenoxy) is 3. The van der Waals surface area contributed by atoms with Crippen molar-refractivity contribution in [1.82, 2.24) is 0 Å². The van der Waals surface area contributed by atoms with Gasteiger partial charge in [0.25, 0.3) is 0 Å². The minimum atomic E-state index is -0.824. The van der Waals surface area contributed by atoms with Crippen molar-refractivity contribution >= 4 is 17.9 Å². The van der Waals surface area contributed by atoms with E-state index in [0.717, 1.165) is 96.3 Å². The van der Waals surface area contributed by atoms with E-state index < -0.39 is 12.1 Å². The van der Waals surface area contributed by atoms with Gasteiger partial charge in [0.2, 0.25) is 0 Å². The molecule has 0 aliphatic heterocycles. The van der Waals surface area contributed by atoms with Crippen molar-refractivity contribution in [3.8, 4) is 0 Å². The largest absolute Gasteiger partial charge is 0.462 e. The van der Waals surface area contributed by atoms with Crippen LogP contribution in [0.1, 0.15) is 310 Å². The Kier molecular flexibility index (Phi) is 59.3. The van der Waals surface area contributed by atoms with E-state index >= 15 is 0 Å². The predicted molar refractivity (Wildman–Crippen MR) is 321 cm³/mol. The maximum Gasteiger partial charge on any atom is 0.309 e. The summed E-state index contributed by atoms with van der Waals surface area (Å²) in [6.45, 7) is 6.44. The van der Waals surface area contributed by atoms with Gasteiger partial charge in [-0.15, -0.1) is 0 Å². The molecule has 0 radical (unpaired) electrons. The molecule has 0 N–H and O–H groups in total. The summed E-state index contributed by atoms with van der Waals surface area (Å²) in [5, 5.41) is 0. The summed E-state index contributed by atoms with van der Waals surface area (Å²) in [6.07, 6.45) is 82.0. The van der Waals surface area contributed by atoms with Crippen LogP contribution in [0, 0.1) is 0 Å². The van der Waals surface area contributed by atoms with Gasteiger partial charge in [-0.1, -0.05) is 298 Å². The summed E-state index contributed by atoms with van der Waals surface area (Å²) < 4.78 is 16.8. The van der Waals surface area contributed by atoms with Crippen LogP contribution in [0.2, 0.25) is 0 Å². The molecule has 0 amide bonds. The fourth-order valence-electron chi connectivity index (χ4n) is 8.96. The standard InChI is InChI=1S/C68H118O6/c1-4-7-10-13-16-19-22-25-28-30-31-32-33-34-35-36-37-38-41-43-46-49-52-55-58-61-67(70)73-64-65(63-72-66(69)60-57-54-51-48-45-42-39-27-24-21-18-15-12-9-6-3)74-68(71)62-59-56-53-50-47-44-40-29-26-23-20-17-14-11-8-5-2/h9,12,18,20-21,23,27,29,39-40,45,48,54,57,65H,4-8,10-11,13-17,19,22,24-26,28,30-38,41-44,46-47,49-53,55-56,58-64H2,1-3H3/b12-9-,21-18-,23-20-,39-27-,40-29-,48-45-,57-54-. The van der Waals surface area contributed by atoms with Crippen LogP contribution in [0.4, 0.5) is 0 Å². The van der Waals surface area contributed by atoms with E-state index in [1.165, 1.54) is 173 Å². The smallest absolute Gasteiger partial charge is 0.309 e. The van der Waals surface area contributed by atoms with E-state index in [9.17, 15) is 14.4 Å². The van der Waals surface area contributed by atoms with Gasteiger partial charge in [0.1, 0.15) is 13.2 Å². The van der Waals surface area contributed by atoms with Crippen LogP contribution in [0.3, 0.4) is 0 Å². The van der Waals surface area contributed by atoms with Crippen LogP contribution < -0.4 is 0 Å². The van der Waals surface area contributed by atoms with Crippen molar-refractivity contribution in [1.29, 1.82) is 0 Å². The van der Waals surface area contributed by atoms with Crippen LogP contribution in [-0.4, -0.2) is 37.2 Å². The van der Waals surface area contributed by atoms with Crippen LogP contribution in [-0.2, 0) is 28.6 Å². The number of allylic oxidation sites excluding steroid dienone is 13.